The van der Waals surface area contributed by atoms with Gasteiger partial charge in [0.2, 0.25) is 0 Å². The highest BCUT2D eigenvalue weighted by Crippen LogP contribution is 2.24. The zero-order valence-electron chi connectivity index (χ0n) is 14.2. The first kappa shape index (κ1) is 15.3. The fourth-order valence-corrected chi connectivity index (χ4v) is 2.94. The number of nitrogens with one attached hydrogen (secondary N) is 2. The summed E-state index contributed by atoms with van der Waals surface area (Å²) in [7, 11) is 1.67. The molecule has 0 aliphatic rings. The monoisotopic (exact) mass is 334 g/mol. The highest BCUT2D eigenvalue weighted by Gasteiger charge is 2.20. The minimum Gasteiger partial charge on any atom is -0.497 e. The zero-order chi connectivity index (χ0) is 17.4. The van der Waals surface area contributed by atoms with Gasteiger partial charge in [-0.3, -0.25) is 0 Å². The van der Waals surface area contributed by atoms with Crippen molar-refractivity contribution in [3.8, 4) is 17.1 Å². The molecule has 2 aromatic heterocycles. The number of nitrogens with two attached hydrogens (primary N) is 1. The van der Waals surface area contributed by atoms with E-state index in [-0.39, 0.29) is 0 Å². The lowest BCUT2D eigenvalue weighted by atomic mass is 10.1. The first-order valence-corrected chi connectivity index (χ1v) is 8.10. The molecule has 25 heavy (non-hydrogen) atoms. The van der Waals surface area contributed by atoms with E-state index in [4.69, 9.17) is 15.5 Å². The van der Waals surface area contributed by atoms with Crippen LogP contribution in [0.5, 0.6) is 5.75 Å². The molecule has 0 saturated heterocycles. The Balaban J connectivity index is 1.69. The van der Waals surface area contributed by atoms with Crippen molar-refractivity contribution < 1.29 is 9.42 Å². The van der Waals surface area contributed by atoms with Gasteiger partial charge in [-0.25, -0.2) is 5.10 Å². The molecule has 0 saturated carbocycles. The van der Waals surface area contributed by atoms with Crippen LogP contribution >= 0.6 is 0 Å². The molecule has 2 heterocycles. The number of aromatic nitrogens is 4. The third-order valence-corrected chi connectivity index (χ3v) is 4.35. The van der Waals surface area contributed by atoms with Crippen LogP contribution in [0.2, 0.25) is 0 Å². The van der Waals surface area contributed by atoms with Crippen molar-refractivity contribution in [2.75, 3.05) is 12.8 Å². The maximum atomic E-state index is 5.93. The van der Waals surface area contributed by atoms with Crippen molar-refractivity contribution in [3.05, 3.63) is 59.8 Å². The molecule has 0 aliphatic heterocycles. The number of aryl methyl sites for hydroxylation is 1. The molecular formula is C19H20N5O+. The Morgan fingerprint density at radius 3 is 2.72 bits per heavy atom. The number of hydrogen-bond donors (Lipinski definition) is 3. The summed E-state index contributed by atoms with van der Waals surface area (Å²) in [5.74, 6) is 1.68. The Kier molecular flexibility index (Phi) is 3.65. The smallest absolute Gasteiger partial charge is 0.369 e. The largest absolute Gasteiger partial charge is 0.497 e. The maximum Gasteiger partial charge on any atom is 0.369 e. The van der Waals surface area contributed by atoms with E-state index in [2.05, 4.69) is 17.0 Å². The second-order valence-corrected chi connectivity index (χ2v) is 6.10. The molecule has 4 aromatic rings. The molecule has 0 atom stereocenters. The van der Waals surface area contributed by atoms with Crippen molar-refractivity contribution in [1.29, 1.82) is 0 Å². The molecule has 0 radical (unpaired) electrons. The lowest BCUT2D eigenvalue weighted by Gasteiger charge is -2.01. The second kappa shape index (κ2) is 5.98. The fraction of sp³-hybridized carbons (Fsp3) is 0.158. The lowest BCUT2D eigenvalue weighted by Crippen LogP contribution is -2.36. The molecule has 0 spiro atoms. The Morgan fingerprint density at radius 2 is 1.96 bits per heavy atom. The molecule has 0 aliphatic carbocycles. The fourth-order valence-electron chi connectivity index (χ4n) is 2.94. The van der Waals surface area contributed by atoms with Crippen LogP contribution in [-0.4, -0.2) is 22.2 Å². The molecule has 4 rings (SSSR count). The summed E-state index contributed by atoms with van der Waals surface area (Å²) in [6.45, 7) is 2.76. The van der Waals surface area contributed by atoms with Gasteiger partial charge in [0.15, 0.2) is 5.52 Å². The average molecular weight is 334 g/mol. The zero-order valence-corrected chi connectivity index (χ0v) is 14.2. The van der Waals surface area contributed by atoms with Crippen LogP contribution in [0, 0.1) is 6.92 Å². The van der Waals surface area contributed by atoms with E-state index in [1.165, 1.54) is 5.56 Å². The summed E-state index contributed by atoms with van der Waals surface area (Å²) in [5, 5.41) is 3.24. The number of imidazole rings is 1. The molecule has 0 amide bonds. The SMILES string of the molecule is COc1ccc(C[n+]2[nH]cc3[nH]c(-c4cc(N)ccc4C)nc32)cc1. The summed E-state index contributed by atoms with van der Waals surface area (Å²) in [6, 6.07) is 13.9. The van der Waals surface area contributed by atoms with Crippen molar-refractivity contribution >= 4 is 16.9 Å². The molecular weight excluding hydrogens is 314 g/mol. The second-order valence-electron chi connectivity index (χ2n) is 6.10. The number of rotatable bonds is 4. The number of nitrogen functional groups attached to an aromatic ring is 1. The quantitative estimate of drug-likeness (QED) is 0.396. The van der Waals surface area contributed by atoms with E-state index in [1.807, 2.05) is 53.3 Å². The van der Waals surface area contributed by atoms with E-state index in [9.17, 15) is 0 Å². The average Bonchev–Trinajstić information content (AvgIpc) is 3.20. The normalized spacial score (nSPS) is 11.1. The summed E-state index contributed by atoms with van der Waals surface area (Å²) >= 11 is 0. The number of H-pyrrole nitrogens is 2. The van der Waals surface area contributed by atoms with Crippen molar-refractivity contribution in [3.63, 3.8) is 0 Å². The van der Waals surface area contributed by atoms with Gasteiger partial charge in [-0.1, -0.05) is 18.2 Å². The van der Waals surface area contributed by atoms with E-state index in [0.717, 1.165) is 39.6 Å². The van der Waals surface area contributed by atoms with Gasteiger partial charge in [0, 0.05) is 11.3 Å². The number of ether oxygens (including phenoxy) is 1. The van der Waals surface area contributed by atoms with Crippen molar-refractivity contribution in [2.45, 2.75) is 13.5 Å². The first-order chi connectivity index (χ1) is 12.1. The summed E-state index contributed by atoms with van der Waals surface area (Å²) in [5.41, 5.74) is 11.8. The van der Waals surface area contributed by atoms with Gasteiger partial charge in [0.05, 0.1) is 13.3 Å². The van der Waals surface area contributed by atoms with Crippen molar-refractivity contribution in [1.82, 2.24) is 15.1 Å². The van der Waals surface area contributed by atoms with Crippen LogP contribution in [0.3, 0.4) is 0 Å². The Morgan fingerprint density at radius 1 is 1.16 bits per heavy atom. The van der Waals surface area contributed by atoms with Crippen LogP contribution in [0.1, 0.15) is 11.1 Å². The minimum atomic E-state index is 0.702. The van der Waals surface area contributed by atoms with Crippen molar-refractivity contribution in [2.24, 2.45) is 0 Å². The Labute approximate surface area is 145 Å². The number of nitrogens with zero attached hydrogens (tertiary/aromatic N) is 2. The molecule has 6 heteroatoms. The standard InChI is InChI=1S/C19H19N5O/c1-12-3-6-14(20)9-16(12)18-22-17-10-21-24(19(17)23-18)11-13-4-7-15(25-2)8-5-13/h3-10H,11,20H2,1-2H3,(H,21,22,23)/p+1. The molecule has 0 bridgehead atoms. The lowest BCUT2D eigenvalue weighted by molar-refractivity contribution is -0.720. The summed E-state index contributed by atoms with van der Waals surface area (Å²) < 4.78 is 7.22. The highest BCUT2D eigenvalue weighted by molar-refractivity contribution is 5.75. The number of hydrogen-bond acceptors (Lipinski definition) is 3. The third-order valence-electron chi connectivity index (χ3n) is 4.35. The maximum absolute atomic E-state index is 5.93. The highest BCUT2D eigenvalue weighted by atomic mass is 16.5. The van der Waals surface area contributed by atoms with Gasteiger partial charge in [0.25, 0.3) is 5.82 Å². The van der Waals surface area contributed by atoms with Crippen LogP contribution < -0.4 is 15.2 Å². The number of fused-ring (bicyclic) bond motifs is 1. The minimum absolute atomic E-state index is 0.702. The third kappa shape index (κ3) is 2.82. The topological polar surface area (TPSA) is 83.6 Å². The predicted molar refractivity (Wildman–Crippen MR) is 97.3 cm³/mol. The molecule has 0 fully saturated rings. The van der Waals surface area contributed by atoms with E-state index < -0.39 is 0 Å². The van der Waals surface area contributed by atoms with Crippen LogP contribution in [0.4, 0.5) is 5.69 Å². The van der Waals surface area contributed by atoms with E-state index in [0.29, 0.717) is 6.54 Å². The van der Waals surface area contributed by atoms with Gasteiger partial charge < -0.3 is 15.5 Å². The molecule has 0 unspecified atom stereocenters. The number of aromatic amines is 2. The summed E-state index contributed by atoms with van der Waals surface area (Å²) in [4.78, 5) is 8.14. The Hall–Kier alpha value is -3.28. The molecule has 126 valence electrons. The number of methoxy groups -OCH3 is 1. The predicted octanol–water partition coefficient (Wildman–Crippen LogP) is 2.79. The van der Waals surface area contributed by atoms with Gasteiger partial charge in [-0.2, -0.15) is 0 Å². The molecule has 2 aromatic carbocycles. The van der Waals surface area contributed by atoms with E-state index in [1.54, 1.807) is 7.11 Å². The van der Waals surface area contributed by atoms with Gasteiger partial charge in [-0.15, -0.1) is 4.68 Å². The molecule has 4 N–H and O–H groups in total. The van der Waals surface area contributed by atoms with Crippen LogP contribution in [-0.2, 0) is 6.54 Å². The summed E-state index contributed by atoms with van der Waals surface area (Å²) in [6.07, 6.45) is 1.93. The number of benzene rings is 2. The van der Waals surface area contributed by atoms with Gasteiger partial charge in [-0.05, 0) is 47.3 Å². The van der Waals surface area contributed by atoms with Crippen LogP contribution in [0.15, 0.2) is 48.7 Å². The number of anilines is 1. The van der Waals surface area contributed by atoms with Crippen LogP contribution in [0.25, 0.3) is 22.6 Å². The first-order valence-electron chi connectivity index (χ1n) is 8.10. The Bertz CT molecular complexity index is 1030. The molecule has 6 nitrogen and oxygen atoms in total. The van der Waals surface area contributed by atoms with Gasteiger partial charge in [0.1, 0.15) is 12.3 Å². The van der Waals surface area contributed by atoms with E-state index >= 15 is 0 Å². The van der Waals surface area contributed by atoms with Gasteiger partial charge >= 0.3 is 5.65 Å².